The first-order chi connectivity index (χ1) is 9.09. The quantitative estimate of drug-likeness (QED) is 0.553. The predicted octanol–water partition coefficient (Wildman–Crippen LogP) is 1.58. The summed E-state index contributed by atoms with van der Waals surface area (Å²) >= 11 is 0. The van der Waals surface area contributed by atoms with Gasteiger partial charge in [-0.3, -0.25) is 4.79 Å². The maximum Gasteiger partial charge on any atom is 0.223 e. The highest BCUT2D eigenvalue weighted by atomic mass is 16.5. The molecule has 0 saturated heterocycles. The van der Waals surface area contributed by atoms with Gasteiger partial charge in [0.25, 0.3) is 0 Å². The van der Waals surface area contributed by atoms with Gasteiger partial charge in [0, 0.05) is 6.54 Å². The van der Waals surface area contributed by atoms with Crippen LogP contribution in [0.25, 0.3) is 0 Å². The Kier molecular flexibility index (Phi) is 6.74. The number of hydrogen-bond acceptors (Lipinski definition) is 4. The number of rotatable bonds is 8. The zero-order valence-electron chi connectivity index (χ0n) is 11.5. The summed E-state index contributed by atoms with van der Waals surface area (Å²) in [6.07, 6.45) is 0.483. The lowest BCUT2D eigenvalue weighted by Crippen LogP contribution is -2.29. The van der Waals surface area contributed by atoms with Crippen LogP contribution < -0.4 is 15.8 Å². The summed E-state index contributed by atoms with van der Waals surface area (Å²) in [4.78, 5) is 11.5. The first-order valence-corrected chi connectivity index (χ1v) is 6.45. The van der Waals surface area contributed by atoms with E-state index in [9.17, 15) is 4.79 Å². The molecule has 0 radical (unpaired) electrons. The van der Waals surface area contributed by atoms with Crippen LogP contribution in [0.4, 0.5) is 5.69 Å². The van der Waals surface area contributed by atoms with Gasteiger partial charge in [-0.1, -0.05) is 12.1 Å². The zero-order valence-corrected chi connectivity index (χ0v) is 11.5. The van der Waals surface area contributed by atoms with E-state index >= 15 is 0 Å². The molecule has 0 unspecified atom stereocenters. The van der Waals surface area contributed by atoms with Crippen molar-refractivity contribution in [1.82, 2.24) is 5.32 Å². The molecule has 1 amide bonds. The van der Waals surface area contributed by atoms with Crippen LogP contribution in [0.15, 0.2) is 24.3 Å². The van der Waals surface area contributed by atoms with Crippen LogP contribution in [0.1, 0.15) is 20.3 Å². The number of nitrogens with two attached hydrogens (primary N) is 1. The molecule has 0 spiro atoms. The van der Waals surface area contributed by atoms with E-state index in [0.29, 0.717) is 37.6 Å². The van der Waals surface area contributed by atoms with E-state index in [1.54, 1.807) is 12.1 Å². The molecule has 0 aromatic heterocycles. The molecule has 1 aromatic rings. The molecule has 0 bridgehead atoms. The lowest BCUT2D eigenvalue weighted by Gasteiger charge is -2.10. The number of amides is 1. The summed E-state index contributed by atoms with van der Waals surface area (Å²) in [5.41, 5.74) is 6.30. The summed E-state index contributed by atoms with van der Waals surface area (Å²) < 4.78 is 10.8. The first kappa shape index (κ1) is 15.3. The Labute approximate surface area is 114 Å². The van der Waals surface area contributed by atoms with Crippen LogP contribution in [0.2, 0.25) is 0 Å². The zero-order chi connectivity index (χ0) is 14.1. The molecule has 1 aromatic carbocycles. The van der Waals surface area contributed by atoms with Crippen molar-refractivity contribution in [3.63, 3.8) is 0 Å². The molecule has 5 nitrogen and oxygen atoms in total. The molecule has 0 aliphatic carbocycles. The standard InChI is InChI=1S/C14H22N2O3/c1-11(2)18-10-8-16-14(17)7-9-19-13-6-4-3-5-12(13)15/h3-6,11H,7-10,15H2,1-2H3,(H,16,17). The molecule has 0 heterocycles. The molecule has 19 heavy (non-hydrogen) atoms. The van der Waals surface area contributed by atoms with Crippen LogP contribution >= 0.6 is 0 Å². The van der Waals surface area contributed by atoms with Crippen LogP contribution in [-0.4, -0.2) is 31.8 Å². The molecule has 0 aliphatic heterocycles. The summed E-state index contributed by atoms with van der Waals surface area (Å²) in [6.45, 7) is 5.27. The Balaban J connectivity index is 2.12. The molecule has 0 fully saturated rings. The van der Waals surface area contributed by atoms with E-state index in [1.165, 1.54) is 0 Å². The molecule has 3 N–H and O–H groups in total. The van der Waals surface area contributed by atoms with Crippen LogP contribution in [0.5, 0.6) is 5.75 Å². The lowest BCUT2D eigenvalue weighted by molar-refractivity contribution is -0.121. The third-order valence-corrected chi connectivity index (χ3v) is 2.38. The average molecular weight is 266 g/mol. The summed E-state index contributed by atoms with van der Waals surface area (Å²) in [7, 11) is 0. The molecule has 5 heteroatoms. The minimum Gasteiger partial charge on any atom is -0.491 e. The van der Waals surface area contributed by atoms with E-state index in [0.717, 1.165) is 0 Å². The Hall–Kier alpha value is -1.75. The highest BCUT2D eigenvalue weighted by molar-refractivity contribution is 5.76. The first-order valence-electron chi connectivity index (χ1n) is 6.45. The van der Waals surface area contributed by atoms with Gasteiger partial charge in [0.15, 0.2) is 0 Å². The van der Waals surface area contributed by atoms with Crippen molar-refractivity contribution in [2.45, 2.75) is 26.4 Å². The molecule has 106 valence electrons. The molecule has 1 rings (SSSR count). The van der Waals surface area contributed by atoms with Crippen molar-refractivity contribution < 1.29 is 14.3 Å². The Bertz CT molecular complexity index is 394. The number of nitrogens with one attached hydrogen (secondary N) is 1. The van der Waals surface area contributed by atoms with E-state index in [-0.39, 0.29) is 12.0 Å². The number of hydrogen-bond donors (Lipinski definition) is 2. The Morgan fingerprint density at radius 3 is 2.74 bits per heavy atom. The third kappa shape index (κ3) is 6.67. The fourth-order valence-electron chi connectivity index (χ4n) is 1.44. The number of nitrogen functional groups attached to an aromatic ring is 1. The number of para-hydroxylation sites is 2. The van der Waals surface area contributed by atoms with E-state index in [2.05, 4.69) is 5.32 Å². The van der Waals surface area contributed by atoms with Gasteiger partial charge in [0.1, 0.15) is 5.75 Å². The lowest BCUT2D eigenvalue weighted by atomic mass is 10.3. The number of carbonyl (C=O) groups is 1. The third-order valence-electron chi connectivity index (χ3n) is 2.38. The summed E-state index contributed by atoms with van der Waals surface area (Å²) in [6, 6.07) is 7.22. The fraction of sp³-hybridized carbons (Fsp3) is 0.500. The van der Waals surface area contributed by atoms with Gasteiger partial charge < -0.3 is 20.5 Å². The van der Waals surface area contributed by atoms with Gasteiger partial charge >= 0.3 is 0 Å². The van der Waals surface area contributed by atoms with Crippen molar-refractivity contribution in [1.29, 1.82) is 0 Å². The summed E-state index contributed by atoms with van der Waals surface area (Å²) in [5.74, 6) is 0.556. The van der Waals surface area contributed by atoms with Crippen molar-refractivity contribution in [3.8, 4) is 5.75 Å². The topological polar surface area (TPSA) is 73.6 Å². The molecule has 0 aliphatic rings. The minimum absolute atomic E-state index is 0.0538. The highest BCUT2D eigenvalue weighted by Gasteiger charge is 2.03. The average Bonchev–Trinajstić information content (AvgIpc) is 2.37. The maximum absolute atomic E-state index is 11.5. The van der Waals surface area contributed by atoms with E-state index < -0.39 is 0 Å². The van der Waals surface area contributed by atoms with Gasteiger partial charge in [-0.05, 0) is 26.0 Å². The Morgan fingerprint density at radius 1 is 1.32 bits per heavy atom. The van der Waals surface area contributed by atoms with Gasteiger partial charge in [0.2, 0.25) is 5.91 Å². The van der Waals surface area contributed by atoms with Crippen LogP contribution in [0, 0.1) is 0 Å². The normalized spacial score (nSPS) is 10.5. The molecular weight excluding hydrogens is 244 g/mol. The Morgan fingerprint density at radius 2 is 2.05 bits per heavy atom. The van der Waals surface area contributed by atoms with Gasteiger partial charge in [0.05, 0.1) is 31.4 Å². The second kappa shape index (κ2) is 8.37. The highest BCUT2D eigenvalue weighted by Crippen LogP contribution is 2.19. The second-order valence-corrected chi connectivity index (χ2v) is 4.41. The fourth-order valence-corrected chi connectivity index (χ4v) is 1.44. The van der Waals surface area contributed by atoms with Crippen molar-refractivity contribution in [2.24, 2.45) is 0 Å². The van der Waals surface area contributed by atoms with Gasteiger partial charge in [-0.15, -0.1) is 0 Å². The van der Waals surface area contributed by atoms with E-state index in [1.807, 2.05) is 26.0 Å². The van der Waals surface area contributed by atoms with Crippen molar-refractivity contribution in [3.05, 3.63) is 24.3 Å². The number of anilines is 1. The monoisotopic (exact) mass is 266 g/mol. The van der Waals surface area contributed by atoms with Gasteiger partial charge in [-0.25, -0.2) is 0 Å². The SMILES string of the molecule is CC(C)OCCNC(=O)CCOc1ccccc1N. The maximum atomic E-state index is 11.5. The molecule has 0 atom stereocenters. The van der Waals surface area contributed by atoms with Crippen molar-refractivity contribution >= 4 is 11.6 Å². The number of benzene rings is 1. The largest absolute Gasteiger partial charge is 0.491 e. The van der Waals surface area contributed by atoms with Gasteiger partial charge in [-0.2, -0.15) is 0 Å². The number of ether oxygens (including phenoxy) is 2. The number of carbonyl (C=O) groups excluding carboxylic acids is 1. The minimum atomic E-state index is -0.0538. The molecular formula is C14H22N2O3. The second-order valence-electron chi connectivity index (χ2n) is 4.41. The predicted molar refractivity (Wildman–Crippen MR) is 75.1 cm³/mol. The van der Waals surface area contributed by atoms with E-state index in [4.69, 9.17) is 15.2 Å². The van der Waals surface area contributed by atoms with Crippen LogP contribution in [0.3, 0.4) is 0 Å². The summed E-state index contributed by atoms with van der Waals surface area (Å²) in [5, 5.41) is 2.76. The smallest absolute Gasteiger partial charge is 0.223 e. The molecule has 0 saturated carbocycles. The van der Waals surface area contributed by atoms with Crippen molar-refractivity contribution in [2.75, 3.05) is 25.5 Å². The van der Waals surface area contributed by atoms with Crippen LogP contribution in [-0.2, 0) is 9.53 Å².